The van der Waals surface area contributed by atoms with Crippen LogP contribution in [0, 0.1) is 11.8 Å². The van der Waals surface area contributed by atoms with Crippen LogP contribution in [0.3, 0.4) is 0 Å². The van der Waals surface area contributed by atoms with Gasteiger partial charge in [0.15, 0.2) is 0 Å². The third-order valence-electron chi connectivity index (χ3n) is 3.20. The maximum Gasteiger partial charge on any atom is 0.0503 e. The molecule has 0 aromatic heterocycles. The zero-order valence-electron chi connectivity index (χ0n) is 9.54. The zero-order chi connectivity index (χ0) is 10.4. The normalized spacial score (nSPS) is 25.5. The van der Waals surface area contributed by atoms with Crippen LogP contribution in [0.25, 0.3) is 0 Å². The van der Waals surface area contributed by atoms with Gasteiger partial charge in [-0.25, -0.2) is 0 Å². The van der Waals surface area contributed by atoms with Crippen molar-refractivity contribution in [3.63, 3.8) is 0 Å². The van der Waals surface area contributed by atoms with Gasteiger partial charge in [0.25, 0.3) is 0 Å². The first-order chi connectivity index (χ1) is 6.80. The van der Waals surface area contributed by atoms with Crippen molar-refractivity contribution < 1.29 is 4.74 Å². The van der Waals surface area contributed by atoms with Crippen LogP contribution in [0.5, 0.6) is 0 Å². The van der Waals surface area contributed by atoms with Gasteiger partial charge in [0, 0.05) is 20.2 Å². The highest BCUT2D eigenvalue weighted by Crippen LogP contribution is 2.18. The van der Waals surface area contributed by atoms with Crippen molar-refractivity contribution >= 4 is 0 Å². The lowest BCUT2D eigenvalue weighted by molar-refractivity contribution is 0.151. The fourth-order valence-electron chi connectivity index (χ4n) is 2.19. The van der Waals surface area contributed by atoms with Crippen LogP contribution in [0.1, 0.15) is 19.8 Å². The summed E-state index contributed by atoms with van der Waals surface area (Å²) in [7, 11) is 1.79. The summed E-state index contributed by atoms with van der Waals surface area (Å²) in [5, 5.41) is 0. The lowest BCUT2D eigenvalue weighted by atomic mass is 10.1. The van der Waals surface area contributed by atoms with E-state index in [1.807, 2.05) is 0 Å². The fraction of sp³-hybridized carbons (Fsp3) is 1.00. The Morgan fingerprint density at radius 3 is 2.93 bits per heavy atom. The van der Waals surface area contributed by atoms with Crippen LogP contribution in [0.4, 0.5) is 0 Å². The standard InChI is InChI=1S/C11H24N2O/c1-3-10(6-12)7-13-5-4-11(8-13)9-14-2/h10-11H,3-9,12H2,1-2H3. The SMILES string of the molecule is CCC(CN)CN1CCC(COC)C1. The first-order valence-electron chi connectivity index (χ1n) is 5.71. The summed E-state index contributed by atoms with van der Waals surface area (Å²) in [6.45, 7) is 7.56. The van der Waals surface area contributed by atoms with E-state index in [4.69, 9.17) is 10.5 Å². The van der Waals surface area contributed by atoms with Gasteiger partial charge in [-0.05, 0) is 31.3 Å². The highest BCUT2D eigenvalue weighted by Gasteiger charge is 2.23. The molecule has 1 aliphatic rings. The van der Waals surface area contributed by atoms with Crippen LogP contribution in [0.2, 0.25) is 0 Å². The topological polar surface area (TPSA) is 38.5 Å². The molecule has 0 amide bonds. The van der Waals surface area contributed by atoms with Gasteiger partial charge in [-0.15, -0.1) is 0 Å². The second-order valence-corrected chi connectivity index (χ2v) is 4.38. The van der Waals surface area contributed by atoms with Crippen molar-refractivity contribution in [2.45, 2.75) is 19.8 Å². The summed E-state index contributed by atoms with van der Waals surface area (Å²) in [4.78, 5) is 2.53. The molecule has 1 fully saturated rings. The van der Waals surface area contributed by atoms with E-state index in [2.05, 4.69) is 11.8 Å². The van der Waals surface area contributed by atoms with Crippen molar-refractivity contribution in [3.8, 4) is 0 Å². The van der Waals surface area contributed by atoms with Crippen LogP contribution < -0.4 is 5.73 Å². The van der Waals surface area contributed by atoms with Gasteiger partial charge in [-0.2, -0.15) is 0 Å². The van der Waals surface area contributed by atoms with Gasteiger partial charge in [0.1, 0.15) is 0 Å². The van der Waals surface area contributed by atoms with E-state index in [1.54, 1.807) is 7.11 Å². The van der Waals surface area contributed by atoms with E-state index in [0.717, 1.165) is 19.1 Å². The summed E-state index contributed by atoms with van der Waals surface area (Å²) in [6.07, 6.45) is 2.48. The van der Waals surface area contributed by atoms with E-state index in [0.29, 0.717) is 5.92 Å². The molecule has 2 N–H and O–H groups in total. The zero-order valence-corrected chi connectivity index (χ0v) is 9.54. The second-order valence-electron chi connectivity index (χ2n) is 4.38. The number of nitrogens with zero attached hydrogens (tertiary/aromatic N) is 1. The predicted octanol–water partition coefficient (Wildman–Crippen LogP) is 0.940. The molecule has 1 rings (SSSR count). The number of rotatable bonds is 6. The summed E-state index contributed by atoms with van der Waals surface area (Å²) in [5.74, 6) is 1.42. The van der Waals surface area contributed by atoms with Crippen LogP contribution in [0.15, 0.2) is 0 Å². The molecule has 0 bridgehead atoms. The molecule has 2 unspecified atom stereocenters. The van der Waals surface area contributed by atoms with Crippen molar-refractivity contribution in [1.82, 2.24) is 4.90 Å². The quantitative estimate of drug-likeness (QED) is 0.693. The highest BCUT2D eigenvalue weighted by atomic mass is 16.5. The molecule has 2 atom stereocenters. The summed E-state index contributed by atoms with van der Waals surface area (Å²) < 4.78 is 5.18. The lowest BCUT2D eigenvalue weighted by Gasteiger charge is -2.21. The number of hydrogen-bond acceptors (Lipinski definition) is 3. The molecule has 1 heterocycles. The fourth-order valence-corrected chi connectivity index (χ4v) is 2.19. The molecule has 0 spiro atoms. The lowest BCUT2D eigenvalue weighted by Crippen LogP contribution is -2.31. The molecule has 14 heavy (non-hydrogen) atoms. The van der Waals surface area contributed by atoms with Gasteiger partial charge in [-0.3, -0.25) is 0 Å². The second kappa shape index (κ2) is 6.38. The molecule has 1 saturated heterocycles. The Morgan fingerprint density at radius 1 is 1.57 bits per heavy atom. The number of nitrogens with two attached hydrogens (primary N) is 1. The Balaban J connectivity index is 2.21. The van der Waals surface area contributed by atoms with Gasteiger partial charge >= 0.3 is 0 Å². The average molecular weight is 200 g/mol. The number of ether oxygens (including phenoxy) is 1. The van der Waals surface area contributed by atoms with Crippen molar-refractivity contribution in [2.24, 2.45) is 17.6 Å². The molecule has 0 aliphatic carbocycles. The van der Waals surface area contributed by atoms with E-state index in [-0.39, 0.29) is 0 Å². The third kappa shape index (κ3) is 3.56. The van der Waals surface area contributed by atoms with Gasteiger partial charge in [-0.1, -0.05) is 13.3 Å². The van der Waals surface area contributed by atoms with Gasteiger partial charge in [0.05, 0.1) is 6.61 Å². The molecule has 3 nitrogen and oxygen atoms in total. The maximum absolute atomic E-state index is 5.70. The van der Waals surface area contributed by atoms with Crippen LogP contribution in [-0.4, -0.2) is 44.8 Å². The molecule has 0 aromatic rings. The third-order valence-corrected chi connectivity index (χ3v) is 3.20. The average Bonchev–Trinajstić information content (AvgIpc) is 2.63. The maximum atomic E-state index is 5.70. The minimum Gasteiger partial charge on any atom is -0.384 e. The monoisotopic (exact) mass is 200 g/mol. The van der Waals surface area contributed by atoms with E-state index in [1.165, 1.54) is 32.5 Å². The predicted molar refractivity (Wildman–Crippen MR) is 59.3 cm³/mol. The Hall–Kier alpha value is -0.120. The Bertz CT molecular complexity index is 148. The Labute approximate surface area is 87.6 Å². The largest absolute Gasteiger partial charge is 0.384 e. The Kier molecular flexibility index (Phi) is 5.45. The molecule has 0 radical (unpaired) electrons. The van der Waals surface area contributed by atoms with E-state index < -0.39 is 0 Å². The minimum absolute atomic E-state index is 0.677. The van der Waals surface area contributed by atoms with Crippen LogP contribution in [-0.2, 0) is 4.74 Å². The summed E-state index contributed by atoms with van der Waals surface area (Å²) in [6, 6.07) is 0. The van der Waals surface area contributed by atoms with Crippen molar-refractivity contribution in [3.05, 3.63) is 0 Å². The minimum atomic E-state index is 0.677. The highest BCUT2D eigenvalue weighted by molar-refractivity contribution is 4.77. The summed E-state index contributed by atoms with van der Waals surface area (Å²) in [5.41, 5.74) is 5.70. The van der Waals surface area contributed by atoms with Crippen molar-refractivity contribution in [1.29, 1.82) is 0 Å². The number of methoxy groups -OCH3 is 1. The van der Waals surface area contributed by atoms with E-state index in [9.17, 15) is 0 Å². The number of likely N-dealkylation sites (tertiary alicyclic amines) is 1. The van der Waals surface area contributed by atoms with Gasteiger partial charge in [0.2, 0.25) is 0 Å². The summed E-state index contributed by atoms with van der Waals surface area (Å²) >= 11 is 0. The molecule has 0 aromatic carbocycles. The van der Waals surface area contributed by atoms with E-state index >= 15 is 0 Å². The van der Waals surface area contributed by atoms with Crippen molar-refractivity contribution in [2.75, 3.05) is 39.9 Å². The molecular formula is C11H24N2O. The molecule has 3 heteroatoms. The number of hydrogen-bond donors (Lipinski definition) is 1. The molecule has 1 aliphatic heterocycles. The first kappa shape index (κ1) is 12.0. The van der Waals surface area contributed by atoms with Gasteiger partial charge < -0.3 is 15.4 Å². The Morgan fingerprint density at radius 2 is 2.36 bits per heavy atom. The smallest absolute Gasteiger partial charge is 0.0503 e. The molecule has 84 valence electrons. The first-order valence-corrected chi connectivity index (χ1v) is 5.71. The molecular weight excluding hydrogens is 176 g/mol. The molecule has 0 saturated carbocycles. The van der Waals surface area contributed by atoms with Crippen LogP contribution >= 0.6 is 0 Å².